The van der Waals surface area contributed by atoms with Crippen LogP contribution in [0.1, 0.15) is 55.0 Å². The van der Waals surface area contributed by atoms with E-state index in [1.54, 1.807) is 0 Å². The van der Waals surface area contributed by atoms with Crippen molar-refractivity contribution in [3.05, 3.63) is 70.8 Å². The van der Waals surface area contributed by atoms with Crippen LogP contribution in [-0.4, -0.2) is 0 Å². The maximum Gasteiger partial charge on any atom is 0.128 e. The van der Waals surface area contributed by atoms with Crippen LogP contribution in [-0.2, 0) is 4.74 Å². The minimum Gasteiger partial charge on any atom is -0.485 e. The van der Waals surface area contributed by atoms with Gasteiger partial charge in [0.2, 0.25) is 0 Å². The number of hydrogen-bond donors (Lipinski definition) is 0. The Morgan fingerprint density at radius 1 is 1.00 bits per heavy atom. The van der Waals surface area contributed by atoms with E-state index in [4.69, 9.17) is 4.74 Å². The third-order valence-electron chi connectivity index (χ3n) is 3.86. The van der Waals surface area contributed by atoms with Gasteiger partial charge in [-0.1, -0.05) is 56.3 Å². The molecule has 1 heteroatoms. The van der Waals surface area contributed by atoms with Gasteiger partial charge in [0.15, 0.2) is 0 Å². The summed E-state index contributed by atoms with van der Waals surface area (Å²) in [4.78, 5) is 0. The molecule has 1 aliphatic heterocycles. The molecule has 0 spiro atoms. The Morgan fingerprint density at radius 2 is 1.80 bits per heavy atom. The first-order valence-electron chi connectivity index (χ1n) is 7.23. The van der Waals surface area contributed by atoms with Crippen LogP contribution in [0.25, 0.3) is 11.8 Å². The molecule has 0 N–H and O–H groups in total. The molecule has 1 aliphatic rings. The van der Waals surface area contributed by atoms with Gasteiger partial charge in [0.1, 0.15) is 11.9 Å². The molecule has 102 valence electrons. The van der Waals surface area contributed by atoms with Crippen molar-refractivity contribution in [3.63, 3.8) is 0 Å². The molecule has 0 bridgehead atoms. The lowest BCUT2D eigenvalue weighted by Crippen LogP contribution is -2.07. The van der Waals surface area contributed by atoms with Crippen molar-refractivity contribution in [2.75, 3.05) is 0 Å². The SMILES string of the molecule is CC(C)c1cccc(C2=Cc3ccccc3C(C)O2)c1. The van der Waals surface area contributed by atoms with Gasteiger partial charge in [-0.3, -0.25) is 0 Å². The lowest BCUT2D eigenvalue weighted by Gasteiger charge is -2.25. The molecule has 0 amide bonds. The summed E-state index contributed by atoms with van der Waals surface area (Å²) < 4.78 is 6.09. The third kappa shape index (κ3) is 2.36. The summed E-state index contributed by atoms with van der Waals surface area (Å²) >= 11 is 0. The van der Waals surface area contributed by atoms with Crippen LogP contribution < -0.4 is 0 Å². The highest BCUT2D eigenvalue weighted by Gasteiger charge is 2.19. The highest BCUT2D eigenvalue weighted by atomic mass is 16.5. The van der Waals surface area contributed by atoms with Crippen LogP contribution >= 0.6 is 0 Å². The minimum atomic E-state index is 0.105. The van der Waals surface area contributed by atoms with E-state index < -0.39 is 0 Å². The molecule has 2 aromatic carbocycles. The maximum atomic E-state index is 6.09. The average Bonchev–Trinajstić information content (AvgIpc) is 2.47. The molecule has 0 aliphatic carbocycles. The van der Waals surface area contributed by atoms with Crippen molar-refractivity contribution < 1.29 is 4.74 Å². The Labute approximate surface area is 120 Å². The van der Waals surface area contributed by atoms with Crippen LogP contribution in [0.4, 0.5) is 0 Å². The number of benzene rings is 2. The summed E-state index contributed by atoms with van der Waals surface area (Å²) in [7, 11) is 0. The maximum absolute atomic E-state index is 6.09. The molecule has 0 aromatic heterocycles. The van der Waals surface area contributed by atoms with E-state index in [1.165, 1.54) is 16.7 Å². The van der Waals surface area contributed by atoms with Crippen molar-refractivity contribution in [3.8, 4) is 0 Å². The summed E-state index contributed by atoms with van der Waals surface area (Å²) in [5.74, 6) is 1.50. The van der Waals surface area contributed by atoms with Gasteiger partial charge in [-0.05, 0) is 41.7 Å². The van der Waals surface area contributed by atoms with E-state index in [-0.39, 0.29) is 6.10 Å². The molecule has 1 atom stereocenters. The number of rotatable bonds is 2. The Morgan fingerprint density at radius 3 is 2.60 bits per heavy atom. The Kier molecular flexibility index (Phi) is 3.35. The molecule has 0 fully saturated rings. The van der Waals surface area contributed by atoms with Crippen molar-refractivity contribution in [1.29, 1.82) is 0 Å². The normalized spacial score (nSPS) is 17.4. The summed E-state index contributed by atoms with van der Waals surface area (Å²) in [6.07, 6.45) is 2.25. The Hall–Kier alpha value is -2.02. The first kappa shape index (κ1) is 13.0. The van der Waals surface area contributed by atoms with E-state index in [9.17, 15) is 0 Å². The summed E-state index contributed by atoms with van der Waals surface area (Å²) in [6.45, 7) is 6.54. The summed E-state index contributed by atoms with van der Waals surface area (Å²) in [6, 6.07) is 17.1. The Balaban J connectivity index is 2.04. The quantitative estimate of drug-likeness (QED) is 0.705. The predicted octanol–water partition coefficient (Wildman–Crippen LogP) is 5.40. The molecular formula is C19H20O. The molecule has 1 heterocycles. The fourth-order valence-corrected chi connectivity index (χ4v) is 2.64. The zero-order valence-electron chi connectivity index (χ0n) is 12.3. The molecule has 2 aromatic rings. The predicted molar refractivity (Wildman–Crippen MR) is 84.3 cm³/mol. The van der Waals surface area contributed by atoms with Crippen LogP contribution in [0.3, 0.4) is 0 Å². The first-order chi connectivity index (χ1) is 9.65. The first-order valence-corrected chi connectivity index (χ1v) is 7.23. The molecular weight excluding hydrogens is 244 g/mol. The van der Waals surface area contributed by atoms with E-state index in [0.717, 1.165) is 11.3 Å². The second-order valence-electron chi connectivity index (χ2n) is 5.68. The highest BCUT2D eigenvalue weighted by Crippen LogP contribution is 2.35. The monoisotopic (exact) mass is 264 g/mol. The smallest absolute Gasteiger partial charge is 0.128 e. The van der Waals surface area contributed by atoms with Crippen molar-refractivity contribution in [1.82, 2.24) is 0 Å². The third-order valence-corrected chi connectivity index (χ3v) is 3.86. The van der Waals surface area contributed by atoms with Gasteiger partial charge in [-0.25, -0.2) is 0 Å². The van der Waals surface area contributed by atoms with Crippen LogP contribution in [0.2, 0.25) is 0 Å². The molecule has 1 nitrogen and oxygen atoms in total. The van der Waals surface area contributed by atoms with E-state index in [2.05, 4.69) is 75.4 Å². The van der Waals surface area contributed by atoms with Crippen molar-refractivity contribution >= 4 is 11.8 Å². The van der Waals surface area contributed by atoms with Gasteiger partial charge in [-0.15, -0.1) is 0 Å². The topological polar surface area (TPSA) is 9.23 Å². The molecule has 0 saturated carbocycles. The van der Waals surface area contributed by atoms with E-state index in [1.807, 2.05) is 0 Å². The fourth-order valence-electron chi connectivity index (χ4n) is 2.64. The summed E-state index contributed by atoms with van der Waals surface area (Å²) in [5.41, 5.74) is 5.03. The van der Waals surface area contributed by atoms with Crippen LogP contribution in [0.15, 0.2) is 48.5 Å². The lowest BCUT2D eigenvalue weighted by molar-refractivity contribution is 0.186. The van der Waals surface area contributed by atoms with Gasteiger partial charge in [0.25, 0.3) is 0 Å². The van der Waals surface area contributed by atoms with Crippen molar-refractivity contribution in [2.24, 2.45) is 0 Å². The molecule has 0 saturated heterocycles. The summed E-state index contributed by atoms with van der Waals surface area (Å²) in [5, 5.41) is 0. The molecule has 3 rings (SSSR count). The van der Waals surface area contributed by atoms with Gasteiger partial charge in [-0.2, -0.15) is 0 Å². The van der Waals surface area contributed by atoms with Gasteiger partial charge in [0.05, 0.1) is 0 Å². The zero-order chi connectivity index (χ0) is 14.1. The molecule has 1 unspecified atom stereocenters. The van der Waals surface area contributed by atoms with Crippen molar-refractivity contribution in [2.45, 2.75) is 32.8 Å². The van der Waals surface area contributed by atoms with E-state index in [0.29, 0.717) is 5.92 Å². The van der Waals surface area contributed by atoms with Gasteiger partial charge >= 0.3 is 0 Å². The second kappa shape index (κ2) is 5.16. The van der Waals surface area contributed by atoms with E-state index >= 15 is 0 Å². The fraction of sp³-hybridized carbons (Fsp3) is 0.263. The van der Waals surface area contributed by atoms with Crippen LogP contribution in [0.5, 0.6) is 0 Å². The van der Waals surface area contributed by atoms with Gasteiger partial charge in [0, 0.05) is 5.56 Å². The average molecular weight is 264 g/mol. The second-order valence-corrected chi connectivity index (χ2v) is 5.68. The minimum absolute atomic E-state index is 0.105. The Bertz CT molecular complexity index is 652. The number of hydrogen-bond acceptors (Lipinski definition) is 1. The zero-order valence-corrected chi connectivity index (χ0v) is 12.3. The highest BCUT2D eigenvalue weighted by molar-refractivity contribution is 5.80. The standard InChI is InChI=1S/C19H20O/c1-13(2)15-8-6-9-17(11-15)19-12-16-7-4-5-10-18(16)14(3)20-19/h4-14H,1-3H3. The van der Waals surface area contributed by atoms with Gasteiger partial charge < -0.3 is 4.74 Å². The lowest BCUT2D eigenvalue weighted by atomic mass is 9.96. The molecule has 0 radical (unpaired) electrons. The number of ether oxygens (including phenoxy) is 1. The molecule has 20 heavy (non-hydrogen) atoms. The largest absolute Gasteiger partial charge is 0.485 e. The number of fused-ring (bicyclic) bond motifs is 1. The van der Waals surface area contributed by atoms with Crippen LogP contribution in [0, 0.1) is 0 Å².